The van der Waals surface area contributed by atoms with Crippen LogP contribution in [0.4, 0.5) is 4.79 Å². The maximum absolute atomic E-state index is 13.9. The zero-order valence-corrected chi connectivity index (χ0v) is 40.6. The highest BCUT2D eigenvalue weighted by Gasteiger charge is 2.29. The van der Waals surface area contributed by atoms with Crippen LogP contribution in [0.1, 0.15) is 79.0 Å². The molecule has 1 aromatic carbocycles. The number of amides is 4. The van der Waals surface area contributed by atoms with Crippen molar-refractivity contribution < 1.29 is 78.6 Å². The third kappa shape index (κ3) is 22.8. The highest BCUT2D eigenvalue weighted by molar-refractivity contribution is 5.94. The fraction of sp³-hybridized carbons (Fsp3) is 0.553. The molecule has 3 atom stereocenters. The largest absolute Gasteiger partial charge is 0.481 e. The van der Waals surface area contributed by atoms with Gasteiger partial charge in [0.1, 0.15) is 12.1 Å². The van der Waals surface area contributed by atoms with Crippen molar-refractivity contribution in [2.75, 3.05) is 78.5 Å². The molecule has 1 aliphatic rings. The number of ketones is 1. The van der Waals surface area contributed by atoms with E-state index in [1.807, 2.05) is 13.0 Å². The smallest absolute Gasteiger partial charge is 0.326 e. The van der Waals surface area contributed by atoms with Crippen molar-refractivity contribution in [2.24, 2.45) is 0 Å². The highest BCUT2D eigenvalue weighted by atomic mass is 16.4. The lowest BCUT2D eigenvalue weighted by molar-refractivity contribution is -0.145. The van der Waals surface area contributed by atoms with Crippen LogP contribution in [0, 0.1) is 6.92 Å². The SMILES string of the molecule is CC(=O)[C@@H](CCC(=O)O)NC(=O)N[C@H](CCCCN(Cc1ccc(C)nc1)C(=O)c1ccc(CNC(=O)CCC(C(=O)O)N2CCN(CC(=O)O)CCN(CC(=O)O)CCN(CC(=O)O)CC2)cc1)C(=O)O. The van der Waals surface area contributed by atoms with Crippen LogP contribution in [0.5, 0.6) is 0 Å². The van der Waals surface area contributed by atoms with Crippen molar-refractivity contribution in [2.45, 2.75) is 90.0 Å². The number of rotatable bonds is 28. The quantitative estimate of drug-likeness (QED) is 0.0511. The number of aryl methyl sites for hydroxylation is 1. The Morgan fingerprint density at radius 1 is 0.611 bits per heavy atom. The second kappa shape index (κ2) is 30.6. The summed E-state index contributed by atoms with van der Waals surface area (Å²) in [4.78, 5) is 134. The van der Waals surface area contributed by atoms with E-state index in [9.17, 15) is 73.5 Å². The number of carbonyl (C=O) groups is 10. The summed E-state index contributed by atoms with van der Waals surface area (Å²) in [6.45, 7) is 3.23. The molecule has 1 aliphatic heterocycles. The molecule has 1 saturated heterocycles. The van der Waals surface area contributed by atoms with Gasteiger partial charge in [-0.05, 0) is 75.3 Å². The van der Waals surface area contributed by atoms with Crippen LogP contribution in [0.3, 0.4) is 0 Å². The summed E-state index contributed by atoms with van der Waals surface area (Å²) in [5.74, 6) is -8.40. The molecule has 0 aliphatic carbocycles. The number of pyridine rings is 1. The molecule has 3 rings (SSSR count). The van der Waals surface area contributed by atoms with E-state index < -0.39 is 71.7 Å². The summed E-state index contributed by atoms with van der Waals surface area (Å²) in [5, 5.41) is 65.0. The third-order valence-electron chi connectivity index (χ3n) is 11.9. The molecular formula is C47H67N9O16. The average molecular weight is 1010 g/mol. The summed E-state index contributed by atoms with van der Waals surface area (Å²) >= 11 is 0. The Balaban J connectivity index is 1.64. The molecule has 1 fully saturated rings. The molecule has 0 radical (unpaired) electrons. The van der Waals surface area contributed by atoms with E-state index >= 15 is 0 Å². The number of urea groups is 1. The Bertz CT molecular complexity index is 2150. The average Bonchev–Trinajstić information content (AvgIpc) is 3.30. The minimum atomic E-state index is -1.35. The number of Topliss-reactive ketones (excluding diaryl/α,β-unsaturated/α-hetero) is 1. The minimum absolute atomic E-state index is 0.0229. The van der Waals surface area contributed by atoms with Gasteiger partial charge >= 0.3 is 41.8 Å². The number of nitrogens with one attached hydrogen (secondary N) is 3. The summed E-state index contributed by atoms with van der Waals surface area (Å²) in [6.07, 6.45) is 1.32. The molecule has 0 saturated carbocycles. The first-order chi connectivity index (χ1) is 34.1. The standard InChI is InChI=1S/C47H67N9O16/c1-31-6-7-34(26-48-31)27-56(16-4-3-5-37(45(68)69)51-47(72)50-36(32(2)57)12-15-40(59)60)44(67)35-10-8-33(9-11-35)25-49-39(58)14-13-38(46(70)71)55-23-21-53(29-42(63)64)19-17-52(28-41(61)62)18-20-54(22-24-55)30-43(65)66/h6-11,26,36-38H,3-5,12-25,27-30H2,1-2H3,(H,49,58)(H,59,60)(H,61,62)(H,63,64)(H,65,66)(H,68,69)(H,70,71)(H2,50,51,72)/t36-,37-,38?/m1/s1. The first kappa shape index (κ1) is 59.2. The molecule has 1 unspecified atom stereocenters. The molecule has 72 heavy (non-hydrogen) atoms. The monoisotopic (exact) mass is 1010 g/mol. The van der Waals surface area contributed by atoms with Crippen molar-refractivity contribution in [3.05, 3.63) is 65.0 Å². The number of benzene rings is 1. The maximum Gasteiger partial charge on any atom is 0.326 e. The normalized spacial score (nSPS) is 15.6. The Kier molecular flexibility index (Phi) is 25.2. The van der Waals surface area contributed by atoms with Gasteiger partial charge in [0, 0.05) is 102 Å². The molecule has 396 valence electrons. The minimum Gasteiger partial charge on any atom is -0.481 e. The lowest BCUT2D eigenvalue weighted by Crippen LogP contribution is -2.52. The molecule has 4 amide bonds. The molecule has 0 spiro atoms. The number of nitrogens with zero attached hydrogens (tertiary/aromatic N) is 6. The van der Waals surface area contributed by atoms with Crippen molar-refractivity contribution in [3.8, 4) is 0 Å². The molecule has 1 aromatic heterocycles. The number of aliphatic carboxylic acids is 6. The van der Waals surface area contributed by atoms with Crippen LogP contribution in [0.2, 0.25) is 0 Å². The van der Waals surface area contributed by atoms with Crippen molar-refractivity contribution in [3.63, 3.8) is 0 Å². The van der Waals surface area contributed by atoms with Crippen molar-refractivity contribution >= 4 is 59.4 Å². The van der Waals surface area contributed by atoms with E-state index in [0.29, 0.717) is 17.5 Å². The van der Waals surface area contributed by atoms with Gasteiger partial charge in [0.05, 0.1) is 25.7 Å². The van der Waals surface area contributed by atoms with Crippen molar-refractivity contribution in [1.82, 2.24) is 45.4 Å². The predicted octanol–water partition coefficient (Wildman–Crippen LogP) is 0.103. The predicted molar refractivity (Wildman–Crippen MR) is 255 cm³/mol. The third-order valence-corrected chi connectivity index (χ3v) is 11.9. The van der Waals surface area contributed by atoms with Gasteiger partial charge in [0.15, 0.2) is 5.78 Å². The molecule has 2 aromatic rings. The zero-order chi connectivity index (χ0) is 53.3. The lowest BCUT2D eigenvalue weighted by Gasteiger charge is -2.35. The fourth-order valence-corrected chi connectivity index (χ4v) is 7.86. The fourth-order valence-electron chi connectivity index (χ4n) is 7.86. The Hall–Kier alpha value is -7.09. The van der Waals surface area contributed by atoms with Gasteiger partial charge in [-0.25, -0.2) is 9.59 Å². The van der Waals surface area contributed by atoms with Crippen LogP contribution in [0.15, 0.2) is 42.6 Å². The number of hydrogen-bond acceptors (Lipinski definition) is 15. The number of unbranched alkanes of at least 4 members (excludes halogenated alkanes) is 1. The second-order valence-corrected chi connectivity index (χ2v) is 17.5. The zero-order valence-electron chi connectivity index (χ0n) is 40.6. The van der Waals surface area contributed by atoms with Gasteiger partial charge in [-0.15, -0.1) is 0 Å². The summed E-state index contributed by atoms with van der Waals surface area (Å²) in [5.41, 5.74) is 2.44. The van der Waals surface area contributed by atoms with Gasteiger partial charge in [-0.3, -0.25) is 62.9 Å². The van der Waals surface area contributed by atoms with Crippen LogP contribution < -0.4 is 16.0 Å². The number of carboxylic acids is 6. The van der Waals surface area contributed by atoms with Gasteiger partial charge in [0.25, 0.3) is 5.91 Å². The van der Waals surface area contributed by atoms with E-state index in [-0.39, 0.29) is 136 Å². The van der Waals surface area contributed by atoms with Gasteiger partial charge in [0.2, 0.25) is 5.91 Å². The van der Waals surface area contributed by atoms with Crippen LogP contribution in [-0.2, 0) is 51.4 Å². The highest BCUT2D eigenvalue weighted by Crippen LogP contribution is 2.16. The number of aromatic nitrogens is 1. The molecule has 25 heteroatoms. The topological polar surface area (TPSA) is 357 Å². The van der Waals surface area contributed by atoms with Gasteiger partial charge in [-0.2, -0.15) is 0 Å². The van der Waals surface area contributed by atoms with E-state index in [4.69, 9.17) is 5.11 Å². The Labute approximate surface area is 416 Å². The molecule has 25 nitrogen and oxygen atoms in total. The van der Waals surface area contributed by atoms with E-state index in [1.54, 1.807) is 61.0 Å². The van der Waals surface area contributed by atoms with E-state index in [2.05, 4.69) is 20.9 Å². The lowest BCUT2D eigenvalue weighted by atomic mass is 10.1. The first-order valence-corrected chi connectivity index (χ1v) is 23.5. The van der Waals surface area contributed by atoms with Crippen LogP contribution >= 0.6 is 0 Å². The van der Waals surface area contributed by atoms with E-state index in [1.165, 1.54) is 6.92 Å². The molecular weight excluding hydrogens is 947 g/mol. The second-order valence-electron chi connectivity index (χ2n) is 17.5. The molecule has 9 N–H and O–H groups in total. The molecule has 0 bridgehead atoms. The van der Waals surface area contributed by atoms with Gasteiger partial charge in [-0.1, -0.05) is 18.2 Å². The summed E-state index contributed by atoms with van der Waals surface area (Å²) in [7, 11) is 0. The van der Waals surface area contributed by atoms with Gasteiger partial charge < -0.3 is 51.5 Å². The van der Waals surface area contributed by atoms with Crippen LogP contribution in [-0.4, -0.2) is 216 Å². The maximum atomic E-state index is 13.9. The number of carbonyl (C=O) groups excluding carboxylic acids is 4. The Morgan fingerprint density at radius 2 is 1.14 bits per heavy atom. The number of hydrogen-bond donors (Lipinski definition) is 9. The van der Waals surface area contributed by atoms with E-state index in [0.717, 1.165) is 11.3 Å². The van der Waals surface area contributed by atoms with Crippen molar-refractivity contribution in [1.29, 1.82) is 0 Å². The summed E-state index contributed by atoms with van der Waals surface area (Å²) < 4.78 is 0. The first-order valence-electron chi connectivity index (χ1n) is 23.5. The Morgan fingerprint density at radius 3 is 1.61 bits per heavy atom. The van der Waals surface area contributed by atoms with Crippen LogP contribution in [0.25, 0.3) is 0 Å². The summed E-state index contributed by atoms with van der Waals surface area (Å²) in [6, 6.07) is 5.48. The molecule has 2 heterocycles. The number of carboxylic acid groups (broad SMARTS) is 6.